The van der Waals surface area contributed by atoms with Gasteiger partial charge in [0.25, 0.3) is 5.91 Å². The lowest BCUT2D eigenvalue weighted by Crippen LogP contribution is -2.24. The Balaban J connectivity index is 1.41. The summed E-state index contributed by atoms with van der Waals surface area (Å²) in [5, 5.41) is 6.49. The van der Waals surface area contributed by atoms with Crippen LogP contribution in [0.1, 0.15) is 37.8 Å². The van der Waals surface area contributed by atoms with Gasteiger partial charge in [0.1, 0.15) is 5.75 Å². The van der Waals surface area contributed by atoms with Crippen LogP contribution in [-0.2, 0) is 11.3 Å². The van der Waals surface area contributed by atoms with Crippen molar-refractivity contribution < 1.29 is 9.53 Å². The second kappa shape index (κ2) is 9.57. The van der Waals surface area contributed by atoms with Crippen molar-refractivity contribution in [2.24, 2.45) is 5.10 Å². The third kappa shape index (κ3) is 4.55. The lowest BCUT2D eigenvalue weighted by Gasteiger charge is -2.10. The van der Waals surface area contributed by atoms with E-state index in [2.05, 4.69) is 88.2 Å². The van der Waals surface area contributed by atoms with Crippen LogP contribution in [0, 0.1) is 0 Å². The van der Waals surface area contributed by atoms with E-state index in [-0.39, 0.29) is 12.5 Å². The summed E-state index contributed by atoms with van der Waals surface area (Å²) in [5.41, 5.74) is 7.08. The van der Waals surface area contributed by atoms with Crippen molar-refractivity contribution >= 4 is 49.9 Å². The number of aromatic nitrogens is 1. The number of fused-ring (bicyclic) bond motifs is 3. The summed E-state index contributed by atoms with van der Waals surface area (Å²) < 4.78 is 8.76. The number of carbonyl (C=O) groups excluding carboxylic acids is 1. The number of halogens is 1. The van der Waals surface area contributed by atoms with E-state index in [1.54, 1.807) is 6.21 Å². The number of amides is 1. The summed E-state index contributed by atoms with van der Waals surface area (Å²) in [6.07, 6.45) is 1.66. The molecule has 0 atom stereocenters. The third-order valence-electron chi connectivity index (χ3n) is 5.50. The van der Waals surface area contributed by atoms with E-state index in [0.29, 0.717) is 11.7 Å². The van der Waals surface area contributed by atoms with Crippen LogP contribution in [0.25, 0.3) is 21.8 Å². The Kier molecular flexibility index (Phi) is 6.61. The van der Waals surface area contributed by atoms with Gasteiger partial charge in [-0.1, -0.05) is 44.2 Å². The molecule has 0 saturated heterocycles. The Morgan fingerprint density at radius 3 is 2.62 bits per heavy atom. The highest BCUT2D eigenvalue weighted by molar-refractivity contribution is 9.10. The molecule has 0 unspecified atom stereocenters. The number of nitrogens with one attached hydrogen (secondary N) is 1. The van der Waals surface area contributed by atoms with E-state index in [1.807, 2.05) is 24.3 Å². The van der Waals surface area contributed by atoms with Crippen molar-refractivity contribution in [3.8, 4) is 5.75 Å². The van der Waals surface area contributed by atoms with Crippen LogP contribution in [0.4, 0.5) is 0 Å². The SMILES string of the molecule is CCn1c2ccccc2c2cc(/C=N/NC(=O)COc3ccc(C(C)C)cc3Br)ccc21. The summed E-state index contributed by atoms with van der Waals surface area (Å²) in [4.78, 5) is 12.2. The first-order chi connectivity index (χ1) is 15.5. The largest absolute Gasteiger partial charge is 0.483 e. The topological polar surface area (TPSA) is 55.6 Å². The molecule has 1 heterocycles. The minimum Gasteiger partial charge on any atom is -0.483 e. The Morgan fingerprint density at radius 1 is 1.09 bits per heavy atom. The van der Waals surface area contributed by atoms with Gasteiger partial charge in [-0.05, 0) is 70.2 Å². The monoisotopic (exact) mass is 491 g/mol. The van der Waals surface area contributed by atoms with Crippen LogP contribution in [0.15, 0.2) is 70.2 Å². The van der Waals surface area contributed by atoms with Crippen molar-refractivity contribution in [3.05, 3.63) is 76.3 Å². The highest BCUT2D eigenvalue weighted by Crippen LogP contribution is 2.30. The fourth-order valence-corrected chi connectivity index (χ4v) is 4.35. The number of rotatable bonds is 7. The van der Waals surface area contributed by atoms with Gasteiger partial charge in [-0.25, -0.2) is 5.43 Å². The van der Waals surface area contributed by atoms with Crippen molar-refractivity contribution in [3.63, 3.8) is 0 Å². The van der Waals surface area contributed by atoms with Gasteiger partial charge >= 0.3 is 0 Å². The highest BCUT2D eigenvalue weighted by Gasteiger charge is 2.10. The molecule has 1 N–H and O–H groups in total. The minimum atomic E-state index is -0.315. The van der Waals surface area contributed by atoms with Crippen LogP contribution in [0.2, 0.25) is 0 Å². The molecule has 3 aromatic carbocycles. The predicted octanol–water partition coefficient (Wildman–Crippen LogP) is 6.23. The first-order valence-electron chi connectivity index (χ1n) is 10.7. The summed E-state index contributed by atoms with van der Waals surface area (Å²) in [5.74, 6) is 0.742. The molecule has 0 aliphatic rings. The number of hydrazone groups is 1. The molecular weight excluding hydrogens is 466 g/mol. The molecule has 5 nitrogen and oxygen atoms in total. The molecule has 6 heteroatoms. The second-order valence-electron chi connectivity index (χ2n) is 7.96. The number of hydrogen-bond donors (Lipinski definition) is 1. The van der Waals surface area contributed by atoms with E-state index >= 15 is 0 Å². The molecule has 0 spiro atoms. The fraction of sp³-hybridized carbons (Fsp3) is 0.231. The number of nitrogens with zero attached hydrogens (tertiary/aromatic N) is 2. The van der Waals surface area contributed by atoms with Crippen LogP contribution < -0.4 is 10.2 Å². The molecule has 0 aliphatic carbocycles. The zero-order valence-corrected chi connectivity index (χ0v) is 20.0. The number of para-hydroxylation sites is 1. The lowest BCUT2D eigenvalue weighted by atomic mass is 10.0. The minimum absolute atomic E-state index is 0.111. The Bertz CT molecular complexity index is 1310. The highest BCUT2D eigenvalue weighted by atomic mass is 79.9. The normalized spacial score (nSPS) is 11.7. The first kappa shape index (κ1) is 22.1. The molecule has 0 bridgehead atoms. The van der Waals surface area contributed by atoms with Gasteiger partial charge in [-0.2, -0.15) is 5.10 Å². The summed E-state index contributed by atoms with van der Waals surface area (Å²) >= 11 is 3.50. The molecule has 0 radical (unpaired) electrons. The second-order valence-corrected chi connectivity index (χ2v) is 8.82. The molecule has 4 aromatic rings. The number of hydrogen-bond acceptors (Lipinski definition) is 3. The maximum atomic E-state index is 12.2. The van der Waals surface area contributed by atoms with Crippen molar-refractivity contribution in [1.82, 2.24) is 9.99 Å². The molecule has 0 fully saturated rings. The Morgan fingerprint density at radius 2 is 1.88 bits per heavy atom. The predicted molar refractivity (Wildman–Crippen MR) is 135 cm³/mol. The number of carbonyl (C=O) groups is 1. The maximum Gasteiger partial charge on any atom is 0.277 e. The lowest BCUT2D eigenvalue weighted by molar-refractivity contribution is -0.123. The quantitative estimate of drug-likeness (QED) is 0.246. The van der Waals surface area contributed by atoms with Crippen LogP contribution in [0.3, 0.4) is 0 Å². The van der Waals surface area contributed by atoms with E-state index in [9.17, 15) is 4.79 Å². The average molecular weight is 492 g/mol. The summed E-state index contributed by atoms with van der Waals surface area (Å²) in [6, 6.07) is 20.5. The molecule has 164 valence electrons. The van der Waals surface area contributed by atoms with Crippen LogP contribution in [0.5, 0.6) is 5.75 Å². The van der Waals surface area contributed by atoms with Gasteiger partial charge in [-0.15, -0.1) is 0 Å². The van der Waals surface area contributed by atoms with Gasteiger partial charge in [0, 0.05) is 28.4 Å². The zero-order valence-electron chi connectivity index (χ0n) is 18.4. The molecular formula is C26H26BrN3O2. The smallest absolute Gasteiger partial charge is 0.277 e. The van der Waals surface area contributed by atoms with Gasteiger partial charge in [-0.3, -0.25) is 4.79 Å². The summed E-state index contributed by atoms with van der Waals surface area (Å²) in [6.45, 7) is 7.21. The third-order valence-corrected chi connectivity index (χ3v) is 6.12. The van der Waals surface area contributed by atoms with Gasteiger partial charge in [0.15, 0.2) is 6.61 Å². The summed E-state index contributed by atoms with van der Waals surface area (Å²) in [7, 11) is 0. The van der Waals surface area contributed by atoms with Crippen molar-refractivity contribution in [2.75, 3.05) is 6.61 Å². The first-order valence-corrected chi connectivity index (χ1v) is 11.5. The number of ether oxygens (including phenoxy) is 1. The Hall–Kier alpha value is -3.12. The number of benzene rings is 3. The van der Waals surface area contributed by atoms with E-state index < -0.39 is 0 Å². The van der Waals surface area contributed by atoms with E-state index in [0.717, 1.165) is 16.6 Å². The van der Waals surface area contributed by atoms with Gasteiger partial charge in [0.05, 0.1) is 10.7 Å². The van der Waals surface area contributed by atoms with Crippen LogP contribution >= 0.6 is 15.9 Å². The fourth-order valence-electron chi connectivity index (χ4n) is 3.84. The van der Waals surface area contributed by atoms with E-state index in [4.69, 9.17) is 4.74 Å². The molecule has 0 aliphatic heterocycles. The maximum absolute atomic E-state index is 12.2. The molecule has 0 saturated carbocycles. The van der Waals surface area contributed by atoms with E-state index in [1.165, 1.54) is 27.4 Å². The molecule has 32 heavy (non-hydrogen) atoms. The molecule has 4 rings (SSSR count). The van der Waals surface area contributed by atoms with Gasteiger partial charge < -0.3 is 9.30 Å². The average Bonchev–Trinajstić information content (AvgIpc) is 3.11. The van der Waals surface area contributed by atoms with Crippen molar-refractivity contribution in [1.29, 1.82) is 0 Å². The number of aryl methyl sites for hydroxylation is 1. The van der Waals surface area contributed by atoms with Gasteiger partial charge in [0.2, 0.25) is 0 Å². The molecule has 1 amide bonds. The Labute approximate surface area is 196 Å². The van der Waals surface area contributed by atoms with Crippen molar-refractivity contribution in [2.45, 2.75) is 33.2 Å². The standard InChI is InChI=1S/C26H26BrN3O2/c1-4-30-23-8-6-5-7-20(23)21-13-18(9-11-24(21)30)15-28-29-26(31)16-32-25-12-10-19(17(2)3)14-22(25)27/h5-15,17H,4,16H2,1-3H3,(H,29,31)/b28-15+. The zero-order chi connectivity index (χ0) is 22.7. The molecule has 1 aromatic heterocycles. The van der Waals surface area contributed by atoms with Crippen LogP contribution in [-0.4, -0.2) is 23.3 Å².